The average molecular weight is 428 g/mol. The standard InChI is InChI=1S/C22H25N3O4S/c1-4-29-22(26)16-25(15-17-9-5-6-14-23-17)30(27,28)21-13-8-10-18-19(21)11-7-12-20(18)24(2)3/h5-14H,4,15-16H2,1-3H3. The minimum Gasteiger partial charge on any atom is -0.465 e. The molecular weight excluding hydrogens is 402 g/mol. The number of benzene rings is 2. The molecule has 0 saturated heterocycles. The van der Waals surface area contributed by atoms with Crippen LogP contribution in [0.4, 0.5) is 5.69 Å². The van der Waals surface area contributed by atoms with Crippen molar-refractivity contribution in [2.24, 2.45) is 0 Å². The van der Waals surface area contributed by atoms with Crippen molar-refractivity contribution in [1.82, 2.24) is 9.29 Å². The molecular formula is C22H25N3O4S. The molecule has 0 spiro atoms. The lowest BCUT2D eigenvalue weighted by Crippen LogP contribution is -2.36. The van der Waals surface area contributed by atoms with E-state index < -0.39 is 22.5 Å². The van der Waals surface area contributed by atoms with Crippen molar-refractivity contribution >= 4 is 32.5 Å². The number of hydrogen-bond donors (Lipinski definition) is 0. The highest BCUT2D eigenvalue weighted by Gasteiger charge is 2.29. The Hall–Kier alpha value is -2.97. The lowest BCUT2D eigenvalue weighted by Gasteiger charge is -2.23. The summed E-state index contributed by atoms with van der Waals surface area (Å²) in [7, 11) is -0.194. The van der Waals surface area contributed by atoms with Crippen LogP contribution in [0.5, 0.6) is 0 Å². The fourth-order valence-corrected chi connectivity index (χ4v) is 4.83. The van der Waals surface area contributed by atoms with E-state index >= 15 is 0 Å². The number of carbonyl (C=O) groups excluding carboxylic acids is 1. The number of nitrogens with zero attached hydrogens (tertiary/aromatic N) is 3. The van der Waals surface area contributed by atoms with E-state index in [0.29, 0.717) is 11.1 Å². The summed E-state index contributed by atoms with van der Waals surface area (Å²) in [6.07, 6.45) is 1.59. The normalized spacial score (nSPS) is 11.6. The van der Waals surface area contributed by atoms with Crippen LogP contribution in [0.15, 0.2) is 65.7 Å². The second-order valence-electron chi connectivity index (χ2n) is 6.92. The molecule has 8 heteroatoms. The Bertz CT molecular complexity index is 1130. The number of pyridine rings is 1. The first-order valence-electron chi connectivity index (χ1n) is 9.59. The molecule has 1 aromatic heterocycles. The summed E-state index contributed by atoms with van der Waals surface area (Å²) in [5.74, 6) is -0.605. The van der Waals surface area contributed by atoms with E-state index in [1.807, 2.05) is 37.2 Å². The molecule has 158 valence electrons. The van der Waals surface area contributed by atoms with Crippen LogP contribution in [-0.2, 0) is 26.1 Å². The van der Waals surface area contributed by atoms with Crippen molar-refractivity contribution in [3.8, 4) is 0 Å². The van der Waals surface area contributed by atoms with Gasteiger partial charge in [0, 0.05) is 36.8 Å². The van der Waals surface area contributed by atoms with Gasteiger partial charge in [-0.25, -0.2) is 8.42 Å². The number of rotatable bonds is 8. The number of anilines is 1. The van der Waals surface area contributed by atoms with E-state index in [2.05, 4.69) is 4.98 Å². The molecule has 30 heavy (non-hydrogen) atoms. The van der Waals surface area contributed by atoms with E-state index in [0.717, 1.165) is 15.4 Å². The number of ether oxygens (including phenoxy) is 1. The minimum atomic E-state index is -4.01. The summed E-state index contributed by atoms with van der Waals surface area (Å²) in [6, 6.07) is 15.9. The van der Waals surface area contributed by atoms with Crippen LogP contribution in [0.3, 0.4) is 0 Å². The fraction of sp³-hybridized carbons (Fsp3) is 0.273. The van der Waals surface area contributed by atoms with Gasteiger partial charge in [-0.2, -0.15) is 4.31 Å². The third-order valence-electron chi connectivity index (χ3n) is 4.63. The number of esters is 1. The molecule has 0 aliphatic heterocycles. The summed E-state index contributed by atoms with van der Waals surface area (Å²) in [5.41, 5.74) is 1.45. The quantitative estimate of drug-likeness (QED) is 0.514. The first kappa shape index (κ1) is 21.7. The molecule has 0 N–H and O–H groups in total. The van der Waals surface area contributed by atoms with Crippen molar-refractivity contribution in [1.29, 1.82) is 0 Å². The predicted octanol–water partition coefficient (Wildman–Crippen LogP) is 3.05. The van der Waals surface area contributed by atoms with Crippen LogP contribution in [0, 0.1) is 0 Å². The first-order chi connectivity index (χ1) is 14.3. The molecule has 0 aliphatic carbocycles. The number of sulfonamides is 1. The molecule has 1 heterocycles. The topological polar surface area (TPSA) is 79.8 Å². The lowest BCUT2D eigenvalue weighted by molar-refractivity contribution is -0.143. The lowest BCUT2D eigenvalue weighted by atomic mass is 10.1. The minimum absolute atomic E-state index is 0.0360. The van der Waals surface area contributed by atoms with Gasteiger partial charge in [-0.05, 0) is 31.2 Å². The third-order valence-corrected chi connectivity index (χ3v) is 6.48. The Morgan fingerprint density at radius 2 is 1.73 bits per heavy atom. The van der Waals surface area contributed by atoms with Crippen molar-refractivity contribution in [3.63, 3.8) is 0 Å². The molecule has 7 nitrogen and oxygen atoms in total. The van der Waals surface area contributed by atoms with Crippen LogP contribution in [0.25, 0.3) is 10.8 Å². The van der Waals surface area contributed by atoms with Crippen LogP contribution < -0.4 is 4.90 Å². The summed E-state index contributed by atoms with van der Waals surface area (Å²) in [6.45, 7) is 1.43. The SMILES string of the molecule is CCOC(=O)CN(Cc1ccccn1)S(=O)(=O)c1cccc2c(N(C)C)cccc12. The van der Waals surface area contributed by atoms with E-state index in [4.69, 9.17) is 4.74 Å². The van der Waals surface area contributed by atoms with Crippen molar-refractivity contribution in [2.75, 3.05) is 32.1 Å². The summed E-state index contributed by atoms with van der Waals surface area (Å²) < 4.78 is 33.4. The van der Waals surface area contributed by atoms with Crippen LogP contribution >= 0.6 is 0 Å². The molecule has 0 unspecified atom stereocenters. The summed E-state index contributed by atoms with van der Waals surface area (Å²) in [5, 5.41) is 1.41. The Morgan fingerprint density at radius 3 is 2.40 bits per heavy atom. The maximum Gasteiger partial charge on any atom is 0.321 e. The highest BCUT2D eigenvalue weighted by atomic mass is 32.2. The number of hydrogen-bond acceptors (Lipinski definition) is 6. The zero-order chi connectivity index (χ0) is 21.7. The van der Waals surface area contributed by atoms with Gasteiger partial charge in [0.1, 0.15) is 6.54 Å². The van der Waals surface area contributed by atoms with Gasteiger partial charge < -0.3 is 9.64 Å². The second kappa shape index (κ2) is 9.23. The smallest absolute Gasteiger partial charge is 0.321 e. The van der Waals surface area contributed by atoms with Gasteiger partial charge in [0.05, 0.1) is 23.7 Å². The van der Waals surface area contributed by atoms with Gasteiger partial charge in [-0.1, -0.05) is 30.3 Å². The monoisotopic (exact) mass is 427 g/mol. The summed E-state index contributed by atoms with van der Waals surface area (Å²) >= 11 is 0. The second-order valence-corrected chi connectivity index (χ2v) is 8.83. The van der Waals surface area contributed by atoms with E-state index in [-0.39, 0.29) is 18.0 Å². The van der Waals surface area contributed by atoms with E-state index in [1.54, 1.807) is 49.5 Å². The van der Waals surface area contributed by atoms with E-state index in [1.165, 1.54) is 0 Å². The summed E-state index contributed by atoms with van der Waals surface area (Å²) in [4.78, 5) is 18.5. The number of fused-ring (bicyclic) bond motifs is 1. The van der Waals surface area contributed by atoms with Crippen molar-refractivity contribution in [3.05, 3.63) is 66.5 Å². The van der Waals surface area contributed by atoms with Gasteiger partial charge >= 0.3 is 5.97 Å². The molecule has 0 amide bonds. The van der Waals surface area contributed by atoms with Gasteiger partial charge in [0.2, 0.25) is 10.0 Å². The Labute approximate surface area is 176 Å². The molecule has 0 radical (unpaired) electrons. The van der Waals surface area contributed by atoms with Crippen LogP contribution in [-0.4, -0.2) is 50.9 Å². The highest BCUT2D eigenvalue weighted by Crippen LogP contribution is 2.32. The molecule has 3 rings (SSSR count). The third kappa shape index (κ3) is 4.60. The van der Waals surface area contributed by atoms with Gasteiger partial charge in [-0.15, -0.1) is 0 Å². The van der Waals surface area contributed by atoms with Crippen LogP contribution in [0.1, 0.15) is 12.6 Å². The molecule has 0 bridgehead atoms. The fourth-order valence-electron chi connectivity index (χ4n) is 3.27. The zero-order valence-corrected chi connectivity index (χ0v) is 18.1. The van der Waals surface area contributed by atoms with E-state index in [9.17, 15) is 13.2 Å². The predicted molar refractivity (Wildman–Crippen MR) is 117 cm³/mol. The van der Waals surface area contributed by atoms with Gasteiger partial charge in [0.25, 0.3) is 0 Å². The van der Waals surface area contributed by atoms with Crippen LogP contribution in [0.2, 0.25) is 0 Å². The zero-order valence-electron chi connectivity index (χ0n) is 17.3. The number of carbonyl (C=O) groups is 1. The maximum atomic E-state index is 13.6. The van der Waals surface area contributed by atoms with Gasteiger partial charge in [0.15, 0.2) is 0 Å². The molecule has 0 atom stereocenters. The first-order valence-corrected chi connectivity index (χ1v) is 11.0. The Balaban J connectivity index is 2.10. The van der Waals surface area contributed by atoms with Gasteiger partial charge in [-0.3, -0.25) is 9.78 Å². The maximum absolute atomic E-state index is 13.6. The largest absolute Gasteiger partial charge is 0.465 e. The molecule has 0 saturated carbocycles. The Morgan fingerprint density at radius 1 is 1.00 bits per heavy atom. The van der Waals surface area contributed by atoms with Crippen molar-refractivity contribution in [2.45, 2.75) is 18.4 Å². The average Bonchev–Trinajstić information content (AvgIpc) is 2.73. The molecule has 2 aromatic carbocycles. The molecule has 3 aromatic rings. The van der Waals surface area contributed by atoms with Crippen molar-refractivity contribution < 1.29 is 17.9 Å². The highest BCUT2D eigenvalue weighted by molar-refractivity contribution is 7.89. The molecule has 0 aliphatic rings. The molecule has 0 fully saturated rings. The Kier molecular flexibility index (Phi) is 6.69. The number of aromatic nitrogens is 1.